The van der Waals surface area contributed by atoms with Gasteiger partial charge in [-0.2, -0.15) is 0 Å². The van der Waals surface area contributed by atoms with Crippen LogP contribution in [-0.4, -0.2) is 58.8 Å². The van der Waals surface area contributed by atoms with Crippen molar-refractivity contribution in [1.29, 1.82) is 0 Å². The molecule has 0 radical (unpaired) electrons. The standard InChI is InChI=1S/C17H26N4O2S.HI/c1-18-17(19-10-11-20-24(2,22)23)21-12-8-16(9-13-21)14-15-6-4-3-5-7-15;/h3-7,14,20H,8-13H2,1-2H3,(H,18,19);1H. The van der Waals surface area contributed by atoms with E-state index in [1.807, 2.05) is 6.07 Å². The largest absolute Gasteiger partial charge is 0.355 e. The number of nitrogens with one attached hydrogen (secondary N) is 2. The molecule has 0 unspecified atom stereocenters. The third kappa shape index (κ3) is 8.19. The number of guanidine groups is 1. The van der Waals surface area contributed by atoms with Crippen LogP contribution in [-0.2, 0) is 10.0 Å². The molecule has 0 spiro atoms. The molecule has 25 heavy (non-hydrogen) atoms. The molecule has 0 aliphatic carbocycles. The fraction of sp³-hybridized carbons (Fsp3) is 0.471. The van der Waals surface area contributed by atoms with Crippen molar-refractivity contribution in [1.82, 2.24) is 14.9 Å². The molecule has 1 aromatic carbocycles. The number of hydrogen-bond acceptors (Lipinski definition) is 3. The van der Waals surface area contributed by atoms with E-state index in [0.717, 1.165) is 38.1 Å². The molecule has 2 rings (SSSR count). The zero-order chi connectivity index (χ0) is 17.4. The van der Waals surface area contributed by atoms with Gasteiger partial charge in [-0.1, -0.05) is 42.0 Å². The van der Waals surface area contributed by atoms with Crippen LogP contribution >= 0.6 is 24.0 Å². The predicted octanol–water partition coefficient (Wildman–Crippen LogP) is 1.91. The number of nitrogens with zero attached hydrogens (tertiary/aromatic N) is 2. The Balaban J connectivity index is 0.00000312. The average Bonchev–Trinajstić information content (AvgIpc) is 2.56. The molecule has 140 valence electrons. The number of sulfonamides is 1. The van der Waals surface area contributed by atoms with E-state index in [9.17, 15) is 8.42 Å². The van der Waals surface area contributed by atoms with Gasteiger partial charge in [-0.05, 0) is 18.4 Å². The smallest absolute Gasteiger partial charge is 0.208 e. The highest BCUT2D eigenvalue weighted by molar-refractivity contribution is 14.0. The van der Waals surface area contributed by atoms with E-state index in [0.29, 0.717) is 13.1 Å². The Morgan fingerprint density at radius 2 is 1.84 bits per heavy atom. The van der Waals surface area contributed by atoms with E-state index >= 15 is 0 Å². The monoisotopic (exact) mass is 478 g/mol. The van der Waals surface area contributed by atoms with Gasteiger partial charge in [-0.15, -0.1) is 24.0 Å². The van der Waals surface area contributed by atoms with Crippen LogP contribution in [0.15, 0.2) is 40.9 Å². The lowest BCUT2D eigenvalue weighted by Crippen LogP contribution is -2.46. The summed E-state index contributed by atoms with van der Waals surface area (Å²) in [7, 11) is -1.39. The number of aliphatic imine (C=N–C) groups is 1. The lowest BCUT2D eigenvalue weighted by atomic mass is 10.0. The summed E-state index contributed by atoms with van der Waals surface area (Å²) < 4.78 is 24.6. The van der Waals surface area contributed by atoms with Crippen LogP contribution in [0.3, 0.4) is 0 Å². The second-order valence-corrected chi connectivity index (χ2v) is 7.67. The lowest BCUT2D eigenvalue weighted by molar-refractivity contribution is 0.376. The Morgan fingerprint density at radius 1 is 1.20 bits per heavy atom. The van der Waals surface area contributed by atoms with Crippen molar-refractivity contribution in [2.45, 2.75) is 12.8 Å². The summed E-state index contributed by atoms with van der Waals surface area (Å²) in [5.74, 6) is 0.823. The molecule has 0 atom stereocenters. The van der Waals surface area contributed by atoms with Gasteiger partial charge in [0.25, 0.3) is 0 Å². The maximum atomic E-state index is 11.0. The molecule has 2 N–H and O–H groups in total. The summed E-state index contributed by atoms with van der Waals surface area (Å²) in [6.45, 7) is 2.70. The minimum Gasteiger partial charge on any atom is -0.355 e. The molecule has 1 fully saturated rings. The van der Waals surface area contributed by atoms with Gasteiger partial charge in [0.2, 0.25) is 10.0 Å². The molecule has 8 heteroatoms. The summed E-state index contributed by atoms with van der Waals surface area (Å²) in [5, 5.41) is 3.21. The third-order valence-corrected chi connectivity index (χ3v) is 4.59. The first-order valence-electron chi connectivity index (χ1n) is 8.12. The fourth-order valence-corrected chi connectivity index (χ4v) is 3.15. The SMILES string of the molecule is CN=C(NCCNS(C)(=O)=O)N1CCC(=Cc2ccccc2)CC1.I. The van der Waals surface area contributed by atoms with Crippen molar-refractivity contribution >= 4 is 46.0 Å². The van der Waals surface area contributed by atoms with Crippen molar-refractivity contribution in [2.75, 3.05) is 39.5 Å². The van der Waals surface area contributed by atoms with Gasteiger partial charge < -0.3 is 10.2 Å². The molecule has 0 aromatic heterocycles. The van der Waals surface area contributed by atoms with E-state index in [1.54, 1.807) is 7.05 Å². The van der Waals surface area contributed by atoms with E-state index < -0.39 is 10.0 Å². The Hall–Kier alpha value is -1.13. The number of rotatable bonds is 5. The number of halogens is 1. The third-order valence-electron chi connectivity index (χ3n) is 3.86. The molecule has 0 saturated carbocycles. The van der Waals surface area contributed by atoms with Gasteiger partial charge in [0.1, 0.15) is 0 Å². The normalized spacial score (nSPS) is 15.5. The van der Waals surface area contributed by atoms with E-state index in [4.69, 9.17) is 0 Å². The molecule has 1 heterocycles. The Bertz CT molecular complexity index is 680. The number of piperidine rings is 1. The van der Waals surface area contributed by atoms with Crippen molar-refractivity contribution in [2.24, 2.45) is 4.99 Å². The molecule has 1 aliphatic heterocycles. The number of hydrogen-bond donors (Lipinski definition) is 2. The summed E-state index contributed by atoms with van der Waals surface area (Å²) in [5.41, 5.74) is 2.70. The molecule has 1 aromatic rings. The average molecular weight is 478 g/mol. The zero-order valence-corrected chi connectivity index (χ0v) is 17.9. The molecular weight excluding hydrogens is 451 g/mol. The maximum Gasteiger partial charge on any atom is 0.208 e. The Labute approximate surface area is 167 Å². The maximum absolute atomic E-state index is 11.0. The predicted molar refractivity (Wildman–Crippen MR) is 115 cm³/mol. The minimum atomic E-state index is -3.14. The highest BCUT2D eigenvalue weighted by atomic mass is 127. The highest BCUT2D eigenvalue weighted by Gasteiger charge is 2.17. The highest BCUT2D eigenvalue weighted by Crippen LogP contribution is 2.19. The topological polar surface area (TPSA) is 73.8 Å². The molecule has 0 bridgehead atoms. The first-order valence-corrected chi connectivity index (χ1v) is 10.0. The van der Waals surface area contributed by atoms with Gasteiger partial charge in [-0.3, -0.25) is 4.99 Å². The van der Waals surface area contributed by atoms with Gasteiger partial charge in [-0.25, -0.2) is 13.1 Å². The number of benzene rings is 1. The Kier molecular flexibility index (Phi) is 9.44. The first-order chi connectivity index (χ1) is 11.5. The molecular formula is C17H27IN4O2S. The minimum absolute atomic E-state index is 0. The van der Waals surface area contributed by atoms with Crippen LogP contribution in [0, 0.1) is 0 Å². The molecule has 1 saturated heterocycles. The van der Waals surface area contributed by atoms with Crippen molar-refractivity contribution in [3.8, 4) is 0 Å². The lowest BCUT2D eigenvalue weighted by Gasteiger charge is -2.31. The van der Waals surface area contributed by atoms with Crippen LogP contribution in [0.5, 0.6) is 0 Å². The quantitative estimate of drug-likeness (QED) is 0.294. The van der Waals surface area contributed by atoms with Crippen molar-refractivity contribution in [3.63, 3.8) is 0 Å². The van der Waals surface area contributed by atoms with Gasteiger partial charge in [0.15, 0.2) is 5.96 Å². The van der Waals surface area contributed by atoms with Crippen LogP contribution < -0.4 is 10.0 Å². The van der Waals surface area contributed by atoms with Gasteiger partial charge in [0, 0.05) is 33.2 Å². The van der Waals surface area contributed by atoms with Crippen LogP contribution in [0.1, 0.15) is 18.4 Å². The summed E-state index contributed by atoms with van der Waals surface area (Å²) >= 11 is 0. The van der Waals surface area contributed by atoms with E-state index in [-0.39, 0.29) is 24.0 Å². The second-order valence-electron chi connectivity index (χ2n) is 5.84. The first kappa shape index (κ1) is 21.9. The zero-order valence-electron chi connectivity index (χ0n) is 14.7. The summed E-state index contributed by atoms with van der Waals surface area (Å²) in [6, 6.07) is 10.4. The Morgan fingerprint density at radius 3 is 2.40 bits per heavy atom. The van der Waals surface area contributed by atoms with Crippen LogP contribution in [0.2, 0.25) is 0 Å². The second kappa shape index (κ2) is 10.8. The van der Waals surface area contributed by atoms with E-state index in [1.165, 1.54) is 11.1 Å². The van der Waals surface area contributed by atoms with Gasteiger partial charge in [0.05, 0.1) is 6.26 Å². The van der Waals surface area contributed by atoms with Crippen LogP contribution in [0.25, 0.3) is 6.08 Å². The van der Waals surface area contributed by atoms with Crippen molar-refractivity contribution < 1.29 is 8.42 Å². The van der Waals surface area contributed by atoms with Crippen LogP contribution in [0.4, 0.5) is 0 Å². The summed E-state index contributed by atoms with van der Waals surface area (Å²) in [4.78, 5) is 6.50. The fourth-order valence-electron chi connectivity index (χ4n) is 2.68. The summed E-state index contributed by atoms with van der Waals surface area (Å²) in [6.07, 6.45) is 5.45. The molecule has 1 aliphatic rings. The van der Waals surface area contributed by atoms with E-state index in [2.05, 4.69) is 50.3 Å². The molecule has 6 nitrogen and oxygen atoms in total. The van der Waals surface area contributed by atoms with Gasteiger partial charge >= 0.3 is 0 Å². The molecule has 0 amide bonds. The number of likely N-dealkylation sites (tertiary alicyclic amines) is 1. The van der Waals surface area contributed by atoms with Crippen molar-refractivity contribution in [3.05, 3.63) is 41.5 Å².